The van der Waals surface area contributed by atoms with E-state index in [2.05, 4.69) is 15.5 Å². The zero-order chi connectivity index (χ0) is 14.7. The molecule has 7 heteroatoms. The quantitative estimate of drug-likeness (QED) is 0.858. The van der Waals surface area contributed by atoms with Crippen LogP contribution in [0.1, 0.15) is 44.4 Å². The topological polar surface area (TPSA) is 77.2 Å². The molecule has 2 heterocycles. The van der Waals surface area contributed by atoms with E-state index in [0.717, 1.165) is 19.3 Å². The minimum absolute atomic E-state index is 0.00249. The number of ether oxygens (including phenoxy) is 1. The summed E-state index contributed by atoms with van der Waals surface area (Å²) in [7, 11) is 0. The Morgan fingerprint density at radius 1 is 1.38 bits per heavy atom. The molecule has 1 unspecified atom stereocenters. The third-order valence-electron chi connectivity index (χ3n) is 4.17. The molecule has 1 saturated carbocycles. The highest BCUT2D eigenvalue weighted by molar-refractivity contribution is 7.99. The van der Waals surface area contributed by atoms with Crippen LogP contribution in [0.5, 0.6) is 0 Å². The standard InChI is InChI=1S/C14H21N3O3S/c1-10-16-17-13(20-10)21-9-12(18)15-11-7-14(19-8-11)5-3-2-4-6-14/h11H,2-9H2,1H3,(H,15,18). The number of hydrogen-bond acceptors (Lipinski definition) is 6. The van der Waals surface area contributed by atoms with Crippen molar-refractivity contribution in [3.05, 3.63) is 5.89 Å². The number of amides is 1. The molecule has 1 aliphatic heterocycles. The summed E-state index contributed by atoms with van der Waals surface area (Å²) in [6.45, 7) is 2.37. The van der Waals surface area contributed by atoms with Crippen molar-refractivity contribution in [1.29, 1.82) is 0 Å². The highest BCUT2D eigenvalue weighted by Crippen LogP contribution is 2.39. The molecule has 116 valence electrons. The number of thioether (sulfide) groups is 1. The molecular weight excluding hydrogens is 290 g/mol. The summed E-state index contributed by atoms with van der Waals surface area (Å²) in [4.78, 5) is 12.0. The number of aryl methyl sites for hydroxylation is 1. The second-order valence-corrected chi connectivity index (χ2v) is 6.83. The van der Waals surface area contributed by atoms with Crippen LogP contribution in [0.4, 0.5) is 0 Å². The van der Waals surface area contributed by atoms with Gasteiger partial charge in [0, 0.05) is 6.92 Å². The minimum Gasteiger partial charge on any atom is -0.416 e. The molecule has 0 bridgehead atoms. The predicted molar refractivity (Wildman–Crippen MR) is 78.1 cm³/mol. The molecular formula is C14H21N3O3S. The van der Waals surface area contributed by atoms with Crippen molar-refractivity contribution in [3.8, 4) is 0 Å². The largest absolute Gasteiger partial charge is 0.416 e. The zero-order valence-electron chi connectivity index (χ0n) is 12.3. The molecule has 2 aliphatic rings. The zero-order valence-corrected chi connectivity index (χ0v) is 13.1. The van der Waals surface area contributed by atoms with Gasteiger partial charge in [0.05, 0.1) is 24.0 Å². The van der Waals surface area contributed by atoms with Gasteiger partial charge in [0.2, 0.25) is 11.8 Å². The predicted octanol–water partition coefficient (Wildman–Crippen LogP) is 2.08. The van der Waals surface area contributed by atoms with Gasteiger partial charge in [0.15, 0.2) is 0 Å². The van der Waals surface area contributed by atoms with Crippen LogP contribution in [0, 0.1) is 6.92 Å². The third-order valence-corrected chi connectivity index (χ3v) is 4.99. The fraction of sp³-hybridized carbons (Fsp3) is 0.786. The van der Waals surface area contributed by atoms with E-state index < -0.39 is 0 Å². The first-order valence-corrected chi connectivity index (χ1v) is 8.50. The van der Waals surface area contributed by atoms with Crippen molar-refractivity contribution in [1.82, 2.24) is 15.5 Å². The maximum absolute atomic E-state index is 12.0. The summed E-state index contributed by atoms with van der Waals surface area (Å²) in [6, 6.07) is 0.139. The van der Waals surface area contributed by atoms with Crippen LogP contribution in [0.25, 0.3) is 0 Å². The minimum atomic E-state index is -0.00249. The number of rotatable bonds is 4. The molecule has 21 heavy (non-hydrogen) atoms. The second-order valence-electron chi connectivity index (χ2n) is 5.90. The summed E-state index contributed by atoms with van der Waals surface area (Å²) >= 11 is 1.27. The van der Waals surface area contributed by atoms with Crippen LogP contribution in [0.3, 0.4) is 0 Å². The van der Waals surface area contributed by atoms with E-state index in [-0.39, 0.29) is 17.6 Å². The molecule has 1 spiro atoms. The molecule has 1 saturated heterocycles. The molecule has 3 rings (SSSR count). The number of hydrogen-bond donors (Lipinski definition) is 1. The van der Waals surface area contributed by atoms with Gasteiger partial charge in [-0.3, -0.25) is 4.79 Å². The highest BCUT2D eigenvalue weighted by atomic mass is 32.2. The number of nitrogens with one attached hydrogen (secondary N) is 1. The Morgan fingerprint density at radius 2 is 2.19 bits per heavy atom. The summed E-state index contributed by atoms with van der Waals surface area (Å²) in [5, 5.41) is 11.1. The average molecular weight is 311 g/mol. The van der Waals surface area contributed by atoms with Crippen LogP contribution in [0.15, 0.2) is 9.64 Å². The van der Waals surface area contributed by atoms with Crippen molar-refractivity contribution < 1.29 is 13.9 Å². The van der Waals surface area contributed by atoms with Crippen LogP contribution in [0.2, 0.25) is 0 Å². The summed E-state index contributed by atoms with van der Waals surface area (Å²) in [6.07, 6.45) is 7.01. The van der Waals surface area contributed by atoms with Crippen molar-refractivity contribution >= 4 is 17.7 Å². The molecule has 1 atom stereocenters. The van der Waals surface area contributed by atoms with E-state index >= 15 is 0 Å². The fourth-order valence-electron chi connectivity index (χ4n) is 3.21. The van der Waals surface area contributed by atoms with Gasteiger partial charge >= 0.3 is 0 Å². The van der Waals surface area contributed by atoms with E-state index in [1.165, 1.54) is 31.0 Å². The average Bonchev–Trinajstić information content (AvgIpc) is 3.05. The van der Waals surface area contributed by atoms with Gasteiger partial charge in [-0.15, -0.1) is 10.2 Å². The van der Waals surface area contributed by atoms with Gasteiger partial charge in [-0.1, -0.05) is 31.0 Å². The van der Waals surface area contributed by atoms with Crippen molar-refractivity contribution in [2.45, 2.75) is 62.3 Å². The van der Waals surface area contributed by atoms with Gasteiger partial charge < -0.3 is 14.5 Å². The van der Waals surface area contributed by atoms with Crippen molar-refractivity contribution in [3.63, 3.8) is 0 Å². The monoisotopic (exact) mass is 311 g/mol. The molecule has 6 nitrogen and oxygen atoms in total. The molecule has 1 aliphatic carbocycles. The van der Waals surface area contributed by atoms with Gasteiger partial charge in [-0.25, -0.2) is 0 Å². The number of carbonyl (C=O) groups is 1. The van der Waals surface area contributed by atoms with Gasteiger partial charge in [-0.2, -0.15) is 0 Å². The Morgan fingerprint density at radius 3 is 2.90 bits per heavy atom. The Hall–Kier alpha value is -1.08. The lowest BCUT2D eigenvalue weighted by Crippen LogP contribution is -2.38. The lowest BCUT2D eigenvalue weighted by molar-refractivity contribution is -0.119. The lowest BCUT2D eigenvalue weighted by atomic mass is 9.82. The van der Waals surface area contributed by atoms with E-state index in [1.54, 1.807) is 6.92 Å². The Kier molecular flexibility index (Phi) is 4.49. The smallest absolute Gasteiger partial charge is 0.277 e. The molecule has 1 amide bonds. The molecule has 0 radical (unpaired) electrons. The van der Waals surface area contributed by atoms with Crippen LogP contribution in [-0.2, 0) is 9.53 Å². The maximum atomic E-state index is 12.0. The molecule has 0 aromatic carbocycles. The Bertz CT molecular complexity index is 499. The van der Waals surface area contributed by atoms with Crippen LogP contribution < -0.4 is 5.32 Å². The second kappa shape index (κ2) is 6.36. The lowest BCUT2D eigenvalue weighted by Gasteiger charge is -2.32. The molecule has 1 aromatic heterocycles. The van der Waals surface area contributed by atoms with Crippen LogP contribution >= 0.6 is 11.8 Å². The third kappa shape index (κ3) is 3.77. The first-order valence-electron chi connectivity index (χ1n) is 7.51. The molecule has 2 fully saturated rings. The van der Waals surface area contributed by atoms with E-state index in [4.69, 9.17) is 9.15 Å². The summed E-state index contributed by atoms with van der Waals surface area (Å²) in [5.41, 5.74) is 0.0347. The Labute approximate surface area is 128 Å². The summed E-state index contributed by atoms with van der Waals surface area (Å²) in [5.74, 6) is 0.809. The molecule has 1 aromatic rings. The van der Waals surface area contributed by atoms with E-state index in [9.17, 15) is 4.79 Å². The maximum Gasteiger partial charge on any atom is 0.277 e. The molecule has 1 N–H and O–H groups in total. The van der Waals surface area contributed by atoms with Gasteiger partial charge in [-0.05, 0) is 19.3 Å². The van der Waals surface area contributed by atoms with Gasteiger partial charge in [0.25, 0.3) is 5.22 Å². The number of aromatic nitrogens is 2. The number of carbonyl (C=O) groups excluding carboxylic acids is 1. The van der Waals surface area contributed by atoms with Crippen LogP contribution in [-0.4, -0.2) is 40.1 Å². The fourth-order valence-corrected chi connectivity index (χ4v) is 3.83. The first kappa shape index (κ1) is 14.8. The number of nitrogens with zero attached hydrogens (tertiary/aromatic N) is 2. The van der Waals surface area contributed by atoms with Crippen molar-refractivity contribution in [2.24, 2.45) is 0 Å². The van der Waals surface area contributed by atoms with E-state index in [0.29, 0.717) is 23.5 Å². The SMILES string of the molecule is Cc1nnc(SCC(=O)NC2COC3(CCCCC3)C2)o1. The first-order chi connectivity index (χ1) is 10.2. The normalized spacial score (nSPS) is 24.3. The van der Waals surface area contributed by atoms with Crippen molar-refractivity contribution in [2.75, 3.05) is 12.4 Å². The van der Waals surface area contributed by atoms with Gasteiger partial charge in [0.1, 0.15) is 0 Å². The Balaban J connectivity index is 1.43. The van der Waals surface area contributed by atoms with E-state index in [1.807, 2.05) is 0 Å². The highest BCUT2D eigenvalue weighted by Gasteiger charge is 2.41. The summed E-state index contributed by atoms with van der Waals surface area (Å²) < 4.78 is 11.2.